The van der Waals surface area contributed by atoms with Gasteiger partial charge in [-0.2, -0.15) is 0 Å². The van der Waals surface area contributed by atoms with Gasteiger partial charge in [0, 0.05) is 23.2 Å². The van der Waals surface area contributed by atoms with Gasteiger partial charge < -0.3 is 4.74 Å². The van der Waals surface area contributed by atoms with Gasteiger partial charge in [-0.15, -0.1) is 0 Å². The molecule has 24 heavy (non-hydrogen) atoms. The van der Waals surface area contributed by atoms with Crippen LogP contribution in [0.4, 0.5) is 0 Å². The molecule has 122 valence electrons. The van der Waals surface area contributed by atoms with Gasteiger partial charge in [-0.1, -0.05) is 39.0 Å². The lowest BCUT2D eigenvalue weighted by molar-refractivity contribution is 0.418. The van der Waals surface area contributed by atoms with Gasteiger partial charge in [0.2, 0.25) is 0 Å². The first kappa shape index (κ1) is 16.1. The number of fused-ring (bicyclic) bond motifs is 1. The Morgan fingerprint density at radius 2 is 1.71 bits per heavy atom. The second-order valence-corrected chi connectivity index (χ2v) is 6.65. The first-order valence-corrected chi connectivity index (χ1v) is 7.92. The minimum Gasteiger partial charge on any atom is -0.494 e. The van der Waals surface area contributed by atoms with E-state index in [0.717, 1.165) is 27.9 Å². The Morgan fingerprint density at radius 3 is 2.38 bits per heavy atom. The molecule has 0 N–H and O–H groups in total. The lowest BCUT2D eigenvalue weighted by atomic mass is 9.89. The van der Waals surface area contributed by atoms with E-state index in [9.17, 15) is 0 Å². The van der Waals surface area contributed by atoms with Gasteiger partial charge in [0.05, 0.1) is 12.8 Å². The van der Waals surface area contributed by atoms with Crippen molar-refractivity contribution < 1.29 is 4.74 Å². The van der Waals surface area contributed by atoms with E-state index in [1.165, 1.54) is 0 Å². The highest BCUT2D eigenvalue weighted by Gasteiger charge is 2.21. The van der Waals surface area contributed by atoms with Gasteiger partial charge in [-0.05, 0) is 29.8 Å². The lowest BCUT2D eigenvalue weighted by Gasteiger charge is -2.20. The Hall–Kier alpha value is -2.75. The number of rotatable bonds is 3. The summed E-state index contributed by atoms with van der Waals surface area (Å²) in [7, 11) is 1.67. The third-order valence-electron chi connectivity index (χ3n) is 3.77. The van der Waals surface area contributed by atoms with Crippen molar-refractivity contribution in [1.29, 1.82) is 0 Å². The molecule has 3 rings (SSSR count). The highest BCUT2D eigenvalue weighted by atomic mass is 16.5. The molecule has 3 aromatic rings. The Labute approximate surface area is 142 Å². The maximum atomic E-state index is 5.49. The molecule has 4 heteroatoms. The van der Waals surface area contributed by atoms with E-state index in [4.69, 9.17) is 14.7 Å². The average Bonchev–Trinajstić information content (AvgIpc) is 2.58. The quantitative estimate of drug-likeness (QED) is 0.713. The molecule has 0 saturated carbocycles. The largest absolute Gasteiger partial charge is 0.494 e. The normalized spacial score (nSPS) is 12.0. The van der Waals surface area contributed by atoms with Crippen molar-refractivity contribution in [3.8, 4) is 5.75 Å². The number of ether oxygens (including phenoxy) is 1. The first-order chi connectivity index (χ1) is 11.5. The Balaban J connectivity index is 2.17. The van der Waals surface area contributed by atoms with Crippen molar-refractivity contribution >= 4 is 23.1 Å². The zero-order chi connectivity index (χ0) is 17.2. The molecule has 0 unspecified atom stereocenters. The molecule has 4 nitrogen and oxygen atoms in total. The minimum atomic E-state index is -0.0905. The van der Waals surface area contributed by atoms with Crippen LogP contribution in [0.1, 0.15) is 37.9 Å². The van der Waals surface area contributed by atoms with Crippen LogP contribution in [0, 0.1) is 0 Å². The van der Waals surface area contributed by atoms with E-state index < -0.39 is 0 Å². The van der Waals surface area contributed by atoms with E-state index >= 15 is 0 Å². The number of benzene rings is 1. The number of nitrogens with zero attached hydrogens (tertiary/aromatic N) is 3. The molecule has 2 heterocycles. The van der Waals surface area contributed by atoms with Crippen LogP contribution in [0.5, 0.6) is 5.75 Å². The van der Waals surface area contributed by atoms with Gasteiger partial charge in [0.25, 0.3) is 0 Å². The Bertz CT molecular complexity index is 881. The monoisotopic (exact) mass is 319 g/mol. The van der Waals surface area contributed by atoms with Crippen LogP contribution in [-0.4, -0.2) is 22.1 Å². The van der Waals surface area contributed by atoms with Crippen molar-refractivity contribution in [3.63, 3.8) is 0 Å². The number of hydrogen-bond donors (Lipinski definition) is 0. The van der Waals surface area contributed by atoms with Gasteiger partial charge in [-0.3, -0.25) is 4.98 Å². The van der Waals surface area contributed by atoms with E-state index in [0.29, 0.717) is 5.82 Å². The molecule has 0 aliphatic carbocycles. The fourth-order valence-corrected chi connectivity index (χ4v) is 2.60. The predicted octanol–water partition coefficient (Wildman–Crippen LogP) is 4.50. The van der Waals surface area contributed by atoms with Gasteiger partial charge in [0.15, 0.2) is 5.82 Å². The Kier molecular flexibility index (Phi) is 4.30. The molecule has 0 atom stereocenters. The van der Waals surface area contributed by atoms with Crippen LogP contribution < -0.4 is 4.74 Å². The maximum absolute atomic E-state index is 5.49. The standard InChI is InChI=1S/C20H21N3O/c1-20(2,3)19-15-6-5-7-16(24-4)18(15)22-17(23-19)9-8-14-10-12-21-13-11-14/h5-13H,1-4H3/b9-8+. The number of methoxy groups -OCH3 is 1. The fraction of sp³-hybridized carbons (Fsp3) is 0.250. The van der Waals surface area contributed by atoms with E-state index in [1.54, 1.807) is 19.5 Å². The summed E-state index contributed by atoms with van der Waals surface area (Å²) in [6.45, 7) is 6.47. The lowest BCUT2D eigenvalue weighted by Crippen LogP contribution is -2.15. The molecular weight excluding hydrogens is 298 g/mol. The number of hydrogen-bond acceptors (Lipinski definition) is 4. The second-order valence-electron chi connectivity index (χ2n) is 6.65. The molecule has 2 aromatic heterocycles. The third kappa shape index (κ3) is 3.27. The highest BCUT2D eigenvalue weighted by Crippen LogP contribution is 2.32. The fourth-order valence-electron chi connectivity index (χ4n) is 2.60. The molecular formula is C20H21N3O. The molecule has 0 spiro atoms. The van der Waals surface area contributed by atoms with Crippen molar-refractivity contribution in [2.45, 2.75) is 26.2 Å². The van der Waals surface area contributed by atoms with Gasteiger partial charge >= 0.3 is 0 Å². The summed E-state index contributed by atoms with van der Waals surface area (Å²) in [4.78, 5) is 13.5. The number of aromatic nitrogens is 3. The van der Waals surface area contributed by atoms with Crippen molar-refractivity contribution in [1.82, 2.24) is 15.0 Å². The van der Waals surface area contributed by atoms with Crippen LogP contribution in [0.2, 0.25) is 0 Å². The SMILES string of the molecule is COc1cccc2c(C(C)(C)C)nc(/C=C/c3ccncc3)nc12. The van der Waals surface area contributed by atoms with Crippen LogP contribution >= 0.6 is 0 Å². The molecule has 0 amide bonds. The van der Waals surface area contributed by atoms with E-state index in [2.05, 4.69) is 31.8 Å². The number of para-hydroxylation sites is 1. The zero-order valence-electron chi connectivity index (χ0n) is 14.4. The predicted molar refractivity (Wildman–Crippen MR) is 98.0 cm³/mol. The summed E-state index contributed by atoms with van der Waals surface area (Å²) in [5.41, 5.74) is 2.83. The smallest absolute Gasteiger partial charge is 0.153 e. The van der Waals surface area contributed by atoms with E-state index in [-0.39, 0.29) is 5.41 Å². The summed E-state index contributed by atoms with van der Waals surface area (Å²) in [6, 6.07) is 9.85. The molecule has 1 aromatic carbocycles. The molecule has 0 aliphatic rings. The molecule has 0 radical (unpaired) electrons. The first-order valence-electron chi connectivity index (χ1n) is 7.92. The third-order valence-corrected chi connectivity index (χ3v) is 3.77. The van der Waals surface area contributed by atoms with Gasteiger partial charge in [0.1, 0.15) is 11.3 Å². The van der Waals surface area contributed by atoms with E-state index in [1.807, 2.05) is 36.4 Å². The molecule has 0 aliphatic heterocycles. The summed E-state index contributed by atoms with van der Waals surface area (Å²) >= 11 is 0. The topological polar surface area (TPSA) is 47.9 Å². The van der Waals surface area contributed by atoms with Crippen molar-refractivity contribution in [3.05, 3.63) is 59.8 Å². The molecule has 0 saturated heterocycles. The van der Waals surface area contributed by atoms with Crippen LogP contribution in [-0.2, 0) is 5.41 Å². The molecule has 0 bridgehead atoms. The summed E-state index contributed by atoms with van der Waals surface area (Å²) in [5.74, 6) is 1.44. The molecule has 0 fully saturated rings. The summed E-state index contributed by atoms with van der Waals surface area (Å²) in [5, 5.41) is 1.03. The van der Waals surface area contributed by atoms with Crippen molar-refractivity contribution in [2.75, 3.05) is 7.11 Å². The Morgan fingerprint density at radius 1 is 0.958 bits per heavy atom. The minimum absolute atomic E-state index is 0.0905. The van der Waals surface area contributed by atoms with Gasteiger partial charge in [-0.25, -0.2) is 9.97 Å². The summed E-state index contributed by atoms with van der Waals surface area (Å²) < 4.78 is 5.49. The number of pyridine rings is 1. The van der Waals surface area contributed by atoms with Crippen LogP contribution in [0.3, 0.4) is 0 Å². The highest BCUT2D eigenvalue weighted by molar-refractivity contribution is 5.88. The van der Waals surface area contributed by atoms with Crippen LogP contribution in [0.25, 0.3) is 23.1 Å². The average molecular weight is 319 g/mol. The second kappa shape index (κ2) is 6.40. The maximum Gasteiger partial charge on any atom is 0.153 e. The zero-order valence-corrected chi connectivity index (χ0v) is 14.4. The van der Waals surface area contributed by atoms with Crippen LogP contribution in [0.15, 0.2) is 42.7 Å². The summed E-state index contributed by atoms with van der Waals surface area (Å²) in [6.07, 6.45) is 7.45. The van der Waals surface area contributed by atoms with Crippen molar-refractivity contribution in [2.24, 2.45) is 0 Å².